The van der Waals surface area contributed by atoms with Gasteiger partial charge in [0.1, 0.15) is 0 Å². The Morgan fingerprint density at radius 3 is 2.84 bits per heavy atom. The van der Waals surface area contributed by atoms with Crippen molar-refractivity contribution in [3.8, 4) is 5.69 Å². The van der Waals surface area contributed by atoms with Crippen LogP contribution in [-0.2, 0) is 6.54 Å². The Kier molecular flexibility index (Phi) is 3.98. The molecule has 0 spiro atoms. The molecule has 1 N–H and O–H groups in total. The van der Waals surface area contributed by atoms with Crippen LogP contribution in [0.5, 0.6) is 0 Å². The maximum Gasteiger partial charge on any atom is 0.291 e. The molecule has 0 fully saturated rings. The molecule has 4 aromatic rings. The van der Waals surface area contributed by atoms with E-state index < -0.39 is 0 Å². The second kappa shape index (κ2) is 6.44. The minimum Gasteiger partial charge on any atom is -0.345 e. The quantitative estimate of drug-likeness (QED) is 0.568. The number of halogens is 1. The Morgan fingerprint density at radius 2 is 2.08 bits per heavy atom. The lowest BCUT2D eigenvalue weighted by Crippen LogP contribution is -2.24. The molecule has 0 saturated carbocycles. The summed E-state index contributed by atoms with van der Waals surface area (Å²) in [5.74, 6) is 0.110. The van der Waals surface area contributed by atoms with Crippen molar-refractivity contribution in [2.24, 2.45) is 0 Å². The zero-order valence-corrected chi connectivity index (χ0v) is 14.5. The molecule has 9 heteroatoms. The zero-order chi connectivity index (χ0) is 17.2. The molecule has 1 amide bonds. The van der Waals surface area contributed by atoms with Crippen molar-refractivity contribution in [3.05, 3.63) is 71.2 Å². The largest absolute Gasteiger partial charge is 0.345 e. The van der Waals surface area contributed by atoms with Crippen molar-refractivity contribution in [1.82, 2.24) is 34.4 Å². The molecule has 4 rings (SSSR count). The molecule has 0 aliphatic heterocycles. The molecule has 0 aliphatic carbocycles. The van der Waals surface area contributed by atoms with E-state index in [0.717, 1.165) is 15.7 Å². The molecule has 1 aromatic carbocycles. The van der Waals surface area contributed by atoms with Crippen LogP contribution in [0.3, 0.4) is 0 Å². The fourth-order valence-electron chi connectivity index (χ4n) is 2.31. The third kappa shape index (κ3) is 3.26. The summed E-state index contributed by atoms with van der Waals surface area (Å²) in [5.41, 5.74) is 1.98. The maximum atomic E-state index is 12.2. The second-order valence-electron chi connectivity index (χ2n) is 5.27. The second-order valence-corrected chi connectivity index (χ2v) is 6.19. The number of carbonyl (C=O) groups is 1. The minimum absolute atomic E-state index is 0.0839. The van der Waals surface area contributed by atoms with E-state index in [9.17, 15) is 4.79 Å². The number of carbonyl (C=O) groups excluding carboxylic acids is 1. The molecular formula is C16H12BrN7O. The van der Waals surface area contributed by atoms with Gasteiger partial charge >= 0.3 is 0 Å². The average Bonchev–Trinajstić information content (AvgIpc) is 3.29. The van der Waals surface area contributed by atoms with E-state index in [0.29, 0.717) is 12.3 Å². The van der Waals surface area contributed by atoms with Crippen LogP contribution >= 0.6 is 15.9 Å². The number of fused-ring (bicyclic) bond motifs is 1. The standard InChI is InChI=1S/C16H12BrN7O/c17-12-8-20-16-21-14(22-24(16)9-12)15(25)19-7-11-1-3-13(4-2-11)23-6-5-18-10-23/h1-6,8-10H,7H2,(H,19,25). The van der Waals surface area contributed by atoms with Crippen LogP contribution < -0.4 is 5.32 Å². The molecule has 0 saturated heterocycles. The van der Waals surface area contributed by atoms with Crippen molar-refractivity contribution in [2.45, 2.75) is 6.54 Å². The van der Waals surface area contributed by atoms with E-state index in [-0.39, 0.29) is 11.7 Å². The Labute approximate surface area is 150 Å². The molecule has 0 aliphatic rings. The van der Waals surface area contributed by atoms with Crippen LogP contribution in [0.4, 0.5) is 0 Å². The Bertz CT molecular complexity index is 1020. The number of hydrogen-bond acceptors (Lipinski definition) is 5. The molecule has 0 atom stereocenters. The van der Waals surface area contributed by atoms with Crippen molar-refractivity contribution in [2.75, 3.05) is 0 Å². The molecule has 124 valence electrons. The summed E-state index contributed by atoms with van der Waals surface area (Å²) >= 11 is 3.30. The van der Waals surface area contributed by atoms with Crippen LogP contribution in [-0.4, -0.2) is 35.0 Å². The van der Waals surface area contributed by atoms with Gasteiger partial charge in [-0.05, 0) is 33.6 Å². The summed E-state index contributed by atoms with van der Waals surface area (Å²) in [7, 11) is 0. The van der Waals surface area contributed by atoms with Gasteiger partial charge in [-0.25, -0.2) is 14.5 Å². The summed E-state index contributed by atoms with van der Waals surface area (Å²) in [5, 5.41) is 6.93. The molecule has 25 heavy (non-hydrogen) atoms. The number of imidazole rings is 1. The first-order valence-corrected chi connectivity index (χ1v) is 8.22. The first kappa shape index (κ1) is 15.5. The Balaban J connectivity index is 1.44. The van der Waals surface area contributed by atoms with E-state index in [1.807, 2.05) is 35.0 Å². The first-order valence-electron chi connectivity index (χ1n) is 7.42. The summed E-state index contributed by atoms with van der Waals surface area (Å²) in [6.45, 7) is 0.385. The van der Waals surface area contributed by atoms with Gasteiger partial charge in [-0.1, -0.05) is 12.1 Å². The van der Waals surface area contributed by atoms with Gasteiger partial charge in [0, 0.05) is 37.0 Å². The van der Waals surface area contributed by atoms with Gasteiger partial charge in [0.25, 0.3) is 11.7 Å². The summed E-state index contributed by atoms with van der Waals surface area (Å²) < 4.78 is 4.13. The number of nitrogens with one attached hydrogen (secondary N) is 1. The Morgan fingerprint density at radius 1 is 1.24 bits per heavy atom. The number of rotatable bonds is 4. The lowest BCUT2D eigenvalue weighted by atomic mass is 10.2. The van der Waals surface area contributed by atoms with Crippen molar-refractivity contribution >= 4 is 27.6 Å². The van der Waals surface area contributed by atoms with Gasteiger partial charge in [0.2, 0.25) is 5.82 Å². The highest BCUT2D eigenvalue weighted by atomic mass is 79.9. The van der Waals surface area contributed by atoms with Gasteiger partial charge in [-0.3, -0.25) is 4.79 Å². The van der Waals surface area contributed by atoms with Gasteiger partial charge in [-0.15, -0.1) is 5.10 Å². The van der Waals surface area contributed by atoms with Gasteiger partial charge < -0.3 is 9.88 Å². The number of nitrogens with zero attached hydrogens (tertiary/aromatic N) is 6. The van der Waals surface area contributed by atoms with Gasteiger partial charge in [0.15, 0.2) is 0 Å². The first-order chi connectivity index (χ1) is 12.2. The summed E-state index contributed by atoms with van der Waals surface area (Å²) in [4.78, 5) is 24.4. The highest BCUT2D eigenvalue weighted by molar-refractivity contribution is 9.10. The monoisotopic (exact) mass is 397 g/mol. The summed E-state index contributed by atoms with van der Waals surface area (Å²) in [6, 6.07) is 7.83. The molecular weight excluding hydrogens is 386 g/mol. The SMILES string of the molecule is O=C(NCc1ccc(-n2ccnc2)cc1)c1nc2ncc(Br)cn2n1. The van der Waals surface area contributed by atoms with Crippen LogP contribution in [0, 0.1) is 0 Å². The third-order valence-corrected chi connectivity index (χ3v) is 3.97. The topological polar surface area (TPSA) is 90.0 Å². The molecule has 8 nitrogen and oxygen atoms in total. The minimum atomic E-state index is -0.347. The Hall–Kier alpha value is -3.07. The van der Waals surface area contributed by atoms with Crippen LogP contribution in [0.1, 0.15) is 16.2 Å². The smallest absolute Gasteiger partial charge is 0.291 e. The number of benzene rings is 1. The van der Waals surface area contributed by atoms with Gasteiger partial charge in [0.05, 0.1) is 10.8 Å². The van der Waals surface area contributed by atoms with E-state index in [1.165, 1.54) is 4.52 Å². The van der Waals surface area contributed by atoms with Crippen molar-refractivity contribution in [1.29, 1.82) is 0 Å². The van der Waals surface area contributed by atoms with Crippen LogP contribution in [0.15, 0.2) is 59.9 Å². The average molecular weight is 398 g/mol. The van der Waals surface area contributed by atoms with Gasteiger partial charge in [-0.2, -0.15) is 4.98 Å². The fraction of sp³-hybridized carbons (Fsp3) is 0.0625. The zero-order valence-electron chi connectivity index (χ0n) is 12.9. The third-order valence-electron chi connectivity index (χ3n) is 3.56. The van der Waals surface area contributed by atoms with E-state index >= 15 is 0 Å². The molecule has 0 unspecified atom stereocenters. The number of aromatic nitrogens is 6. The fourth-order valence-corrected chi connectivity index (χ4v) is 2.61. The molecule has 3 aromatic heterocycles. The highest BCUT2D eigenvalue weighted by Gasteiger charge is 2.13. The molecule has 0 bridgehead atoms. The molecule has 3 heterocycles. The van der Waals surface area contributed by atoms with E-state index in [2.05, 4.69) is 41.3 Å². The number of amides is 1. The lowest BCUT2D eigenvalue weighted by molar-refractivity contribution is 0.0940. The molecule has 0 radical (unpaired) electrons. The van der Waals surface area contributed by atoms with E-state index in [1.54, 1.807) is 24.9 Å². The predicted molar refractivity (Wildman–Crippen MR) is 93.2 cm³/mol. The predicted octanol–water partition coefficient (Wildman–Crippen LogP) is 2.00. The number of hydrogen-bond donors (Lipinski definition) is 1. The van der Waals surface area contributed by atoms with Crippen molar-refractivity contribution < 1.29 is 4.79 Å². The lowest BCUT2D eigenvalue weighted by Gasteiger charge is -2.05. The van der Waals surface area contributed by atoms with E-state index in [4.69, 9.17) is 0 Å². The highest BCUT2D eigenvalue weighted by Crippen LogP contribution is 2.10. The summed E-state index contributed by atoms with van der Waals surface area (Å²) in [6.07, 6.45) is 8.63. The van der Waals surface area contributed by atoms with Crippen LogP contribution in [0.25, 0.3) is 11.5 Å². The van der Waals surface area contributed by atoms with Crippen molar-refractivity contribution in [3.63, 3.8) is 0 Å². The van der Waals surface area contributed by atoms with Crippen LogP contribution in [0.2, 0.25) is 0 Å². The maximum absolute atomic E-state index is 12.2. The normalized spacial score (nSPS) is 10.9.